The van der Waals surface area contributed by atoms with Gasteiger partial charge in [0.2, 0.25) is 0 Å². The van der Waals surface area contributed by atoms with Crippen LogP contribution in [0.25, 0.3) is 4.85 Å². The molecule has 20 heteroatoms. The van der Waals surface area contributed by atoms with Gasteiger partial charge in [-0.3, -0.25) is 14.1 Å². The van der Waals surface area contributed by atoms with E-state index in [1.54, 1.807) is 80.6 Å². The topological polar surface area (TPSA) is 224 Å². The molecule has 0 bridgehead atoms. The molecule has 1 unspecified atom stereocenters. The van der Waals surface area contributed by atoms with Gasteiger partial charge < -0.3 is 26.0 Å². The van der Waals surface area contributed by atoms with Crippen LogP contribution < -0.4 is 24.7 Å². The Morgan fingerprint density at radius 1 is 0.900 bits per heavy atom. The molecule has 3 atom stereocenters. The second-order valence-electron chi connectivity index (χ2n) is 11.7. The number of hydrogen-bond donors (Lipinski definition) is 4. The fourth-order valence-electron chi connectivity index (χ4n) is 4.00. The molecule has 60 heavy (non-hydrogen) atoms. The summed E-state index contributed by atoms with van der Waals surface area (Å²) in [4.78, 5) is 35.4. The van der Waals surface area contributed by atoms with Gasteiger partial charge in [-0.15, -0.1) is 0 Å². The number of nitriles is 1. The van der Waals surface area contributed by atoms with Crippen LogP contribution in [0.4, 0.5) is 5.69 Å². The number of methoxy groups -OCH3 is 2. The largest absolute Gasteiger partial charge is 0.478 e. The molecule has 0 heterocycles. The van der Waals surface area contributed by atoms with Crippen LogP contribution in [-0.4, -0.2) is 62.3 Å². The molecule has 13 nitrogen and oxygen atoms in total. The van der Waals surface area contributed by atoms with Crippen LogP contribution in [0.3, 0.4) is 0 Å². The Kier molecular flexibility index (Phi) is 40.5. The van der Waals surface area contributed by atoms with Gasteiger partial charge in [0.25, 0.3) is 10.1 Å². The van der Waals surface area contributed by atoms with E-state index < -0.39 is 16.1 Å². The molecule has 0 aliphatic rings. The van der Waals surface area contributed by atoms with Crippen LogP contribution in [0.15, 0.2) is 108 Å². The number of carbonyl (C=O) groups excluding carboxylic acids is 2. The number of aromatic carboxylic acids is 1. The van der Waals surface area contributed by atoms with Gasteiger partial charge in [-0.25, -0.2) is 9.64 Å². The van der Waals surface area contributed by atoms with E-state index in [-0.39, 0.29) is 34.8 Å². The van der Waals surface area contributed by atoms with Crippen molar-refractivity contribution in [3.63, 3.8) is 0 Å². The molecule has 330 valence electrons. The number of halogens is 6. The minimum absolute atomic E-state index is 0.0666. The summed E-state index contributed by atoms with van der Waals surface area (Å²) in [5, 5.41) is 17.7. The van der Waals surface area contributed by atoms with Gasteiger partial charge in [0.05, 0.1) is 55.2 Å². The third kappa shape index (κ3) is 32.9. The predicted molar refractivity (Wildman–Crippen MR) is 270 cm³/mol. The van der Waals surface area contributed by atoms with Gasteiger partial charge in [0.15, 0.2) is 5.69 Å². The van der Waals surface area contributed by atoms with E-state index in [0.29, 0.717) is 37.3 Å². The Morgan fingerprint density at radius 2 is 1.43 bits per heavy atom. The molecule has 0 saturated carbocycles. The monoisotopic (exact) mass is 1470 g/mol. The molecule has 0 aliphatic heterocycles. The van der Waals surface area contributed by atoms with Crippen molar-refractivity contribution in [3.05, 3.63) is 142 Å². The Bertz CT molecular complexity index is 2000. The summed E-state index contributed by atoms with van der Waals surface area (Å²) in [6.07, 6.45) is 0.796. The third-order valence-corrected chi connectivity index (χ3v) is 8.42. The van der Waals surface area contributed by atoms with E-state index in [0.717, 1.165) is 27.6 Å². The normalized spacial score (nSPS) is 10.9. The standard InChI is InChI=1S/C13H16N2O2.C8H6BrN.C7H8O3S.C7H6O2.C5H11NO2.I3.I2/c1-9(14)12(13(16)17-3)8-10-5-4-6-11(7-10)15-2;9-5-7-2-1-3-8(4-7)6-10;1-6-2-4-7(5-3-6)11(8,9)10;8-7(9)6-4-2-1-3-5-6;1-4(6)3-5(7)8-2;1-3-2;1-2/h4-7,9,12H,8,14H2,1,3H3;1-4H,5H2;2-5H,1H3,(H,8,9,10);1-5H,(H,8,9);4H,3,6H2,1-2H3;;/q;;;;;-1;/t9-,12?;;;;4-;;/m1...1../s1. The van der Waals surface area contributed by atoms with Gasteiger partial charge in [-0.1, -0.05) is 93.8 Å². The van der Waals surface area contributed by atoms with Gasteiger partial charge >= 0.3 is 68.4 Å². The summed E-state index contributed by atoms with van der Waals surface area (Å²) in [6, 6.07) is 30.7. The van der Waals surface area contributed by atoms with Crippen molar-refractivity contribution in [2.45, 2.75) is 55.9 Å². The summed E-state index contributed by atoms with van der Waals surface area (Å²) in [5.41, 5.74) is 15.7. The molecular formula is C40H47BrI5N4O9S-. The van der Waals surface area contributed by atoms with Crippen molar-refractivity contribution in [3.8, 4) is 6.07 Å². The van der Waals surface area contributed by atoms with E-state index >= 15 is 0 Å². The first-order valence-corrected chi connectivity index (χ1v) is 38.3. The number of ether oxygens (including phenoxy) is 2. The molecular weight excluding hydrogens is 1430 g/mol. The van der Waals surface area contributed by atoms with Crippen molar-refractivity contribution in [1.82, 2.24) is 0 Å². The summed E-state index contributed by atoms with van der Waals surface area (Å²) >= 11 is 12.9. The molecule has 4 rings (SSSR count). The first kappa shape index (κ1) is 62.5. The molecule has 0 aromatic heterocycles. The maximum absolute atomic E-state index is 11.5. The van der Waals surface area contributed by atoms with Crippen LogP contribution >= 0.6 is 90.4 Å². The zero-order valence-electron chi connectivity index (χ0n) is 33.1. The summed E-state index contributed by atoms with van der Waals surface area (Å²) in [5.74, 6) is -1.82. The van der Waals surface area contributed by atoms with Crippen LogP contribution in [0.1, 0.15) is 52.9 Å². The number of carboxylic acids is 1. The van der Waals surface area contributed by atoms with E-state index in [9.17, 15) is 22.8 Å². The number of esters is 2. The number of alkyl halides is 1. The average molecular weight is 1470 g/mol. The number of benzene rings is 4. The Labute approximate surface area is 415 Å². The fraction of sp³-hybridized carbons (Fsp3) is 0.275. The molecule has 4 aromatic carbocycles. The zero-order chi connectivity index (χ0) is 46.7. The second-order valence-corrected chi connectivity index (χ2v) is 29.9. The number of carboxylic acid groups (broad SMARTS) is 1. The SMILES string of the molecule is COC(=O)C[C@@H](C)N.Cc1ccc(S(=O)(=O)O)cc1.II.I[I-]I.N#Cc1cccc(CBr)c1.O=C(O)c1ccccc1.[C-]#[N+]c1cccc(CC(C(=O)OC)[C@@H](C)N)c1. The van der Waals surface area contributed by atoms with E-state index in [2.05, 4.69) is 106 Å². The van der Waals surface area contributed by atoms with Gasteiger partial charge in [-0.2, -0.15) is 13.7 Å². The number of rotatable bonds is 9. The molecule has 6 N–H and O–H groups in total. The molecule has 0 radical (unpaired) electrons. The quantitative estimate of drug-likeness (QED) is 0.0422. The van der Waals surface area contributed by atoms with Gasteiger partial charge in [-0.05, 0) is 69.2 Å². The van der Waals surface area contributed by atoms with Crippen LogP contribution in [0.2, 0.25) is 0 Å². The van der Waals surface area contributed by atoms with Crippen molar-refractivity contribution >= 4 is 124 Å². The van der Waals surface area contributed by atoms with Crippen molar-refractivity contribution in [2.24, 2.45) is 17.4 Å². The molecule has 4 aromatic rings. The van der Waals surface area contributed by atoms with E-state index in [4.69, 9.17) is 37.7 Å². The Morgan fingerprint density at radius 3 is 1.82 bits per heavy atom. The van der Waals surface area contributed by atoms with Crippen LogP contribution in [0.5, 0.6) is 0 Å². The number of nitrogens with two attached hydrogens (primary N) is 2. The third-order valence-electron chi connectivity index (χ3n) is 6.90. The Balaban J connectivity index is -0.000000674. The van der Waals surface area contributed by atoms with Crippen molar-refractivity contribution < 1.29 is 55.2 Å². The summed E-state index contributed by atoms with van der Waals surface area (Å²) < 4.78 is 38.6. The minimum atomic E-state index is -4.02. The molecule has 0 aliphatic carbocycles. The summed E-state index contributed by atoms with van der Waals surface area (Å²) in [7, 11) is -1.31. The number of hydrogen-bond acceptors (Lipinski definition) is 10. The maximum Gasteiger partial charge on any atom is 0.335 e. The number of nitrogens with zero attached hydrogens (tertiary/aromatic N) is 2. The van der Waals surface area contributed by atoms with Gasteiger partial charge in [0, 0.05) is 54.6 Å². The average Bonchev–Trinajstić information content (AvgIpc) is 3.24. The van der Waals surface area contributed by atoms with Crippen LogP contribution in [-0.2, 0) is 40.9 Å². The second kappa shape index (κ2) is 38.9. The molecule has 0 fully saturated rings. The van der Waals surface area contributed by atoms with Crippen molar-refractivity contribution in [2.75, 3.05) is 14.2 Å². The summed E-state index contributed by atoms with van der Waals surface area (Å²) in [6.45, 7) is 12.3. The minimum Gasteiger partial charge on any atom is -0.478 e. The maximum atomic E-state index is 11.5. The van der Waals surface area contributed by atoms with Crippen molar-refractivity contribution in [1.29, 1.82) is 5.26 Å². The first-order chi connectivity index (χ1) is 28.3. The first-order valence-electron chi connectivity index (χ1n) is 16.8. The van der Waals surface area contributed by atoms with Gasteiger partial charge in [0.1, 0.15) is 0 Å². The zero-order valence-corrected chi connectivity index (χ0v) is 46.3. The molecule has 0 saturated heterocycles. The number of carbonyl (C=O) groups is 3. The van der Waals surface area contributed by atoms with E-state index in [1.165, 1.54) is 26.4 Å². The predicted octanol–water partition coefficient (Wildman–Crippen LogP) is 7.44. The Hall–Kier alpha value is -1.77. The van der Waals surface area contributed by atoms with E-state index in [1.807, 2.05) is 31.2 Å². The number of aryl methyl sites for hydroxylation is 1. The molecule has 0 amide bonds. The smallest absolute Gasteiger partial charge is 0.335 e. The van der Waals surface area contributed by atoms with Crippen LogP contribution in [0, 0.1) is 30.7 Å². The fourth-order valence-corrected chi connectivity index (χ4v) is 4.83. The molecule has 0 spiro atoms.